The molecule has 1 aromatic rings. The molecule has 3 rings (SSSR count). The number of ether oxygens (including phenoxy) is 1. The standard InChI is InChI=1S/C11H17N3O/c1-2-10(15-5-1)8-14-7-9-3-4-12-6-11(9)13-14/h7,10,12H,1-6,8H2/t10-/m1/s1. The summed E-state index contributed by atoms with van der Waals surface area (Å²) in [5, 5.41) is 7.93. The Kier molecular flexibility index (Phi) is 2.46. The van der Waals surface area contributed by atoms with Gasteiger partial charge in [0.15, 0.2) is 0 Å². The number of nitrogens with zero attached hydrogens (tertiary/aromatic N) is 2. The van der Waals surface area contributed by atoms with Gasteiger partial charge in [0.1, 0.15) is 0 Å². The first-order valence-corrected chi connectivity index (χ1v) is 5.79. The summed E-state index contributed by atoms with van der Waals surface area (Å²) >= 11 is 0. The highest BCUT2D eigenvalue weighted by atomic mass is 16.5. The van der Waals surface area contributed by atoms with Crippen molar-refractivity contribution in [3.05, 3.63) is 17.5 Å². The molecule has 1 atom stereocenters. The molecule has 0 aliphatic carbocycles. The van der Waals surface area contributed by atoms with Crippen molar-refractivity contribution in [3.63, 3.8) is 0 Å². The fourth-order valence-electron chi connectivity index (χ4n) is 2.38. The van der Waals surface area contributed by atoms with E-state index in [9.17, 15) is 0 Å². The maximum atomic E-state index is 5.61. The van der Waals surface area contributed by atoms with E-state index >= 15 is 0 Å². The number of hydrogen-bond donors (Lipinski definition) is 1. The molecule has 0 aromatic carbocycles. The lowest BCUT2D eigenvalue weighted by molar-refractivity contribution is 0.0939. The number of hydrogen-bond acceptors (Lipinski definition) is 3. The van der Waals surface area contributed by atoms with Gasteiger partial charge >= 0.3 is 0 Å². The van der Waals surface area contributed by atoms with Crippen LogP contribution in [0.2, 0.25) is 0 Å². The van der Waals surface area contributed by atoms with Crippen molar-refractivity contribution in [1.29, 1.82) is 0 Å². The van der Waals surface area contributed by atoms with Crippen LogP contribution in [0.1, 0.15) is 24.1 Å². The monoisotopic (exact) mass is 207 g/mol. The van der Waals surface area contributed by atoms with E-state index in [1.807, 2.05) is 0 Å². The molecule has 2 aliphatic rings. The zero-order chi connectivity index (χ0) is 10.1. The third-order valence-electron chi connectivity index (χ3n) is 3.20. The van der Waals surface area contributed by atoms with E-state index in [0.717, 1.165) is 32.7 Å². The van der Waals surface area contributed by atoms with Crippen LogP contribution in [0.5, 0.6) is 0 Å². The average Bonchev–Trinajstić information content (AvgIpc) is 2.86. The Bertz CT molecular complexity index is 318. The number of fused-ring (bicyclic) bond motifs is 1. The van der Waals surface area contributed by atoms with Gasteiger partial charge < -0.3 is 10.1 Å². The Balaban J connectivity index is 1.72. The number of rotatable bonds is 2. The molecule has 0 amide bonds. The van der Waals surface area contributed by atoms with E-state index in [1.54, 1.807) is 0 Å². The lowest BCUT2D eigenvalue weighted by atomic mass is 10.1. The minimum atomic E-state index is 0.388. The van der Waals surface area contributed by atoms with E-state index in [1.165, 1.54) is 24.1 Å². The first-order valence-electron chi connectivity index (χ1n) is 5.79. The van der Waals surface area contributed by atoms with Crippen LogP contribution in [0, 0.1) is 0 Å². The highest BCUT2D eigenvalue weighted by Gasteiger charge is 2.18. The zero-order valence-corrected chi connectivity index (χ0v) is 8.91. The van der Waals surface area contributed by atoms with Gasteiger partial charge in [-0.1, -0.05) is 0 Å². The van der Waals surface area contributed by atoms with Gasteiger partial charge in [-0.25, -0.2) is 0 Å². The Morgan fingerprint density at radius 2 is 2.60 bits per heavy atom. The van der Waals surface area contributed by atoms with Crippen LogP contribution in [0.25, 0.3) is 0 Å². The summed E-state index contributed by atoms with van der Waals surface area (Å²) in [6.07, 6.45) is 6.08. The minimum Gasteiger partial charge on any atom is -0.376 e. The lowest BCUT2D eigenvalue weighted by Gasteiger charge is -2.09. The van der Waals surface area contributed by atoms with E-state index in [2.05, 4.69) is 21.3 Å². The van der Waals surface area contributed by atoms with Gasteiger partial charge in [-0.3, -0.25) is 4.68 Å². The first kappa shape index (κ1) is 9.36. The molecular formula is C11H17N3O. The fraction of sp³-hybridized carbons (Fsp3) is 0.727. The molecule has 4 nitrogen and oxygen atoms in total. The van der Waals surface area contributed by atoms with Crippen molar-refractivity contribution in [2.75, 3.05) is 13.2 Å². The van der Waals surface area contributed by atoms with Crippen molar-refractivity contribution in [1.82, 2.24) is 15.1 Å². The Morgan fingerprint density at radius 1 is 1.60 bits per heavy atom. The highest BCUT2D eigenvalue weighted by molar-refractivity contribution is 5.19. The quantitative estimate of drug-likeness (QED) is 0.776. The summed E-state index contributed by atoms with van der Waals surface area (Å²) < 4.78 is 7.68. The van der Waals surface area contributed by atoms with Crippen LogP contribution < -0.4 is 5.32 Å². The second-order valence-electron chi connectivity index (χ2n) is 4.38. The largest absolute Gasteiger partial charge is 0.376 e. The van der Waals surface area contributed by atoms with Gasteiger partial charge in [0.25, 0.3) is 0 Å². The SMILES string of the molecule is c1c2c(nn1C[C@H]1CCCO1)CNCC2. The summed E-state index contributed by atoms with van der Waals surface area (Å²) in [4.78, 5) is 0. The third kappa shape index (κ3) is 1.92. The molecule has 0 spiro atoms. The van der Waals surface area contributed by atoms with E-state index in [0.29, 0.717) is 6.10 Å². The number of nitrogens with one attached hydrogen (secondary N) is 1. The molecule has 1 fully saturated rings. The minimum absolute atomic E-state index is 0.388. The van der Waals surface area contributed by atoms with Gasteiger partial charge in [0, 0.05) is 19.3 Å². The van der Waals surface area contributed by atoms with Crippen molar-refractivity contribution >= 4 is 0 Å². The third-order valence-corrected chi connectivity index (χ3v) is 3.20. The molecule has 1 N–H and O–H groups in total. The molecule has 0 saturated carbocycles. The highest BCUT2D eigenvalue weighted by Crippen LogP contribution is 2.16. The van der Waals surface area contributed by atoms with Gasteiger partial charge in [-0.2, -0.15) is 5.10 Å². The fourth-order valence-corrected chi connectivity index (χ4v) is 2.38. The topological polar surface area (TPSA) is 39.1 Å². The Hall–Kier alpha value is -0.870. The van der Waals surface area contributed by atoms with Gasteiger partial charge in [-0.05, 0) is 31.4 Å². The van der Waals surface area contributed by atoms with Crippen molar-refractivity contribution in [2.45, 2.75) is 38.5 Å². The lowest BCUT2D eigenvalue weighted by Crippen LogP contribution is -2.23. The van der Waals surface area contributed by atoms with Crippen LogP contribution >= 0.6 is 0 Å². The normalized spacial score (nSPS) is 25.5. The van der Waals surface area contributed by atoms with Crippen molar-refractivity contribution in [2.24, 2.45) is 0 Å². The van der Waals surface area contributed by atoms with Gasteiger partial charge in [0.2, 0.25) is 0 Å². The molecule has 1 saturated heterocycles. The first-order chi connectivity index (χ1) is 7.42. The Labute approximate surface area is 89.6 Å². The van der Waals surface area contributed by atoms with Gasteiger partial charge in [-0.15, -0.1) is 0 Å². The summed E-state index contributed by atoms with van der Waals surface area (Å²) in [5.41, 5.74) is 2.63. The molecule has 82 valence electrons. The smallest absolute Gasteiger partial charge is 0.0794 e. The second kappa shape index (κ2) is 3.94. The predicted molar refractivity (Wildman–Crippen MR) is 56.6 cm³/mol. The molecule has 2 aliphatic heterocycles. The molecule has 15 heavy (non-hydrogen) atoms. The molecule has 1 aromatic heterocycles. The van der Waals surface area contributed by atoms with Crippen LogP contribution in [0.3, 0.4) is 0 Å². The van der Waals surface area contributed by atoms with E-state index in [4.69, 9.17) is 4.74 Å². The zero-order valence-electron chi connectivity index (χ0n) is 8.91. The van der Waals surface area contributed by atoms with Crippen LogP contribution in [0.15, 0.2) is 6.20 Å². The molecule has 4 heteroatoms. The molecule has 0 unspecified atom stereocenters. The predicted octanol–water partition coefficient (Wildman–Crippen LogP) is 0.708. The molecule has 0 bridgehead atoms. The average molecular weight is 207 g/mol. The van der Waals surface area contributed by atoms with E-state index < -0.39 is 0 Å². The van der Waals surface area contributed by atoms with Crippen molar-refractivity contribution in [3.8, 4) is 0 Å². The van der Waals surface area contributed by atoms with Crippen LogP contribution in [-0.4, -0.2) is 29.0 Å². The summed E-state index contributed by atoms with van der Waals surface area (Å²) in [6.45, 7) is 3.85. The van der Waals surface area contributed by atoms with Gasteiger partial charge in [0.05, 0.1) is 18.3 Å². The maximum Gasteiger partial charge on any atom is 0.0794 e. The van der Waals surface area contributed by atoms with E-state index in [-0.39, 0.29) is 0 Å². The van der Waals surface area contributed by atoms with Crippen LogP contribution in [-0.2, 0) is 24.2 Å². The maximum absolute atomic E-state index is 5.61. The second-order valence-corrected chi connectivity index (χ2v) is 4.38. The summed E-state index contributed by atoms with van der Waals surface area (Å²) in [6, 6.07) is 0. The summed E-state index contributed by atoms with van der Waals surface area (Å²) in [5.74, 6) is 0. The number of aromatic nitrogens is 2. The molecule has 0 radical (unpaired) electrons. The summed E-state index contributed by atoms with van der Waals surface area (Å²) in [7, 11) is 0. The van der Waals surface area contributed by atoms with Crippen molar-refractivity contribution < 1.29 is 4.74 Å². The molecular weight excluding hydrogens is 190 g/mol. The van der Waals surface area contributed by atoms with Crippen LogP contribution in [0.4, 0.5) is 0 Å². The Morgan fingerprint density at radius 3 is 3.40 bits per heavy atom. The molecule has 3 heterocycles.